The van der Waals surface area contributed by atoms with Gasteiger partial charge < -0.3 is 19.3 Å². The summed E-state index contributed by atoms with van der Waals surface area (Å²) < 4.78 is 11.4. The highest BCUT2D eigenvalue weighted by Gasteiger charge is 2.31. The van der Waals surface area contributed by atoms with E-state index in [9.17, 15) is 4.79 Å². The van der Waals surface area contributed by atoms with Crippen LogP contribution in [0.1, 0.15) is 24.4 Å². The van der Waals surface area contributed by atoms with Gasteiger partial charge >= 0.3 is 0 Å². The lowest BCUT2D eigenvalue weighted by Crippen LogP contribution is -2.51. The first-order valence-corrected chi connectivity index (χ1v) is 10.7. The smallest absolute Gasteiger partial charge is 0.236 e. The second kappa shape index (κ2) is 8.47. The van der Waals surface area contributed by atoms with E-state index in [0.29, 0.717) is 32.8 Å². The number of aromatic nitrogens is 2. The molecule has 4 heterocycles. The largest absolute Gasteiger partial charge is 0.486 e. The SMILES string of the molecule is O=C(CN1CCCC1c1ccc2c(c1)OCCO2)N1CCN(c2ncccn2)CC1. The summed E-state index contributed by atoms with van der Waals surface area (Å²) in [7, 11) is 0. The predicted molar refractivity (Wildman–Crippen MR) is 112 cm³/mol. The Bertz CT molecular complexity index is 886. The molecule has 0 aliphatic carbocycles. The summed E-state index contributed by atoms with van der Waals surface area (Å²) in [4.78, 5) is 28.0. The number of piperazine rings is 1. The van der Waals surface area contributed by atoms with Gasteiger partial charge in [-0.15, -0.1) is 0 Å². The summed E-state index contributed by atoms with van der Waals surface area (Å²) in [5.74, 6) is 2.57. The first kappa shape index (κ1) is 19.1. The summed E-state index contributed by atoms with van der Waals surface area (Å²) >= 11 is 0. The van der Waals surface area contributed by atoms with Crippen molar-refractivity contribution in [3.8, 4) is 11.5 Å². The molecule has 5 rings (SSSR count). The summed E-state index contributed by atoms with van der Waals surface area (Å²) in [6.45, 7) is 5.54. The Balaban J connectivity index is 1.20. The molecule has 8 heteroatoms. The zero-order valence-corrected chi connectivity index (χ0v) is 17.1. The van der Waals surface area contributed by atoms with Gasteiger partial charge in [0, 0.05) is 44.6 Å². The topological polar surface area (TPSA) is 71.0 Å². The molecule has 1 aromatic heterocycles. The third-order valence-electron chi connectivity index (χ3n) is 6.12. The molecule has 2 saturated heterocycles. The maximum absolute atomic E-state index is 13.0. The molecule has 158 valence electrons. The van der Waals surface area contributed by atoms with Crippen LogP contribution in [0.25, 0.3) is 0 Å². The van der Waals surface area contributed by atoms with Gasteiger partial charge in [0.1, 0.15) is 13.2 Å². The molecule has 1 unspecified atom stereocenters. The minimum absolute atomic E-state index is 0.202. The van der Waals surface area contributed by atoms with Gasteiger partial charge in [0.15, 0.2) is 11.5 Å². The van der Waals surface area contributed by atoms with Crippen LogP contribution in [0.2, 0.25) is 0 Å². The number of benzene rings is 1. The molecule has 2 aromatic rings. The highest BCUT2D eigenvalue weighted by atomic mass is 16.6. The Kier molecular flexibility index (Phi) is 5.40. The Hall–Kier alpha value is -2.87. The number of anilines is 1. The molecule has 8 nitrogen and oxygen atoms in total. The Morgan fingerprint density at radius 1 is 1.00 bits per heavy atom. The first-order valence-electron chi connectivity index (χ1n) is 10.7. The standard InChI is InChI=1S/C22H27N5O3/c28-21(25-9-11-26(12-10-25)22-23-6-2-7-24-22)16-27-8-1-3-18(27)17-4-5-19-20(15-17)30-14-13-29-19/h2,4-7,15,18H,1,3,8-14,16H2. The molecule has 0 spiro atoms. The third-order valence-corrected chi connectivity index (χ3v) is 6.12. The molecule has 1 amide bonds. The fraction of sp³-hybridized carbons (Fsp3) is 0.500. The van der Waals surface area contributed by atoms with Crippen LogP contribution >= 0.6 is 0 Å². The van der Waals surface area contributed by atoms with Gasteiger partial charge in [0.25, 0.3) is 0 Å². The van der Waals surface area contributed by atoms with Gasteiger partial charge in [-0.25, -0.2) is 9.97 Å². The molecule has 0 radical (unpaired) electrons. The van der Waals surface area contributed by atoms with E-state index in [1.54, 1.807) is 12.4 Å². The van der Waals surface area contributed by atoms with E-state index in [-0.39, 0.29) is 11.9 Å². The van der Waals surface area contributed by atoms with Crippen LogP contribution in [-0.4, -0.2) is 78.2 Å². The fourth-order valence-electron chi connectivity index (χ4n) is 4.54. The molecule has 2 fully saturated rings. The van der Waals surface area contributed by atoms with Crippen LogP contribution < -0.4 is 14.4 Å². The van der Waals surface area contributed by atoms with Crippen LogP contribution in [0.5, 0.6) is 11.5 Å². The number of fused-ring (bicyclic) bond motifs is 1. The number of hydrogen-bond donors (Lipinski definition) is 0. The van der Waals surface area contributed by atoms with Crippen molar-refractivity contribution in [1.82, 2.24) is 19.8 Å². The number of likely N-dealkylation sites (tertiary alicyclic amines) is 1. The maximum atomic E-state index is 13.0. The summed E-state index contributed by atoms with van der Waals surface area (Å²) in [5, 5.41) is 0. The van der Waals surface area contributed by atoms with Crippen molar-refractivity contribution in [2.24, 2.45) is 0 Å². The number of carbonyl (C=O) groups is 1. The molecule has 30 heavy (non-hydrogen) atoms. The van der Waals surface area contributed by atoms with E-state index in [1.807, 2.05) is 17.0 Å². The minimum atomic E-state index is 0.202. The lowest BCUT2D eigenvalue weighted by Gasteiger charge is -2.36. The molecular formula is C22H27N5O3. The molecule has 3 aliphatic heterocycles. The molecule has 1 aromatic carbocycles. The fourth-order valence-corrected chi connectivity index (χ4v) is 4.54. The zero-order valence-electron chi connectivity index (χ0n) is 17.1. The second-order valence-electron chi connectivity index (χ2n) is 7.95. The van der Waals surface area contributed by atoms with E-state index in [2.05, 4.69) is 31.9 Å². The van der Waals surface area contributed by atoms with Gasteiger partial charge in [-0.3, -0.25) is 9.69 Å². The van der Waals surface area contributed by atoms with Crippen LogP contribution in [0.3, 0.4) is 0 Å². The van der Waals surface area contributed by atoms with Crippen molar-refractivity contribution in [3.05, 3.63) is 42.2 Å². The van der Waals surface area contributed by atoms with Crippen molar-refractivity contribution in [1.29, 1.82) is 0 Å². The van der Waals surface area contributed by atoms with E-state index < -0.39 is 0 Å². The predicted octanol–water partition coefficient (Wildman–Crippen LogP) is 1.73. The molecule has 0 bridgehead atoms. The average molecular weight is 409 g/mol. The summed E-state index contributed by atoms with van der Waals surface area (Å²) in [5.41, 5.74) is 1.20. The van der Waals surface area contributed by atoms with Crippen molar-refractivity contribution < 1.29 is 14.3 Å². The van der Waals surface area contributed by atoms with Crippen LogP contribution in [0.15, 0.2) is 36.7 Å². The number of carbonyl (C=O) groups excluding carboxylic acids is 1. The van der Waals surface area contributed by atoms with Gasteiger partial charge in [-0.2, -0.15) is 0 Å². The van der Waals surface area contributed by atoms with Crippen molar-refractivity contribution in [3.63, 3.8) is 0 Å². The number of ether oxygens (including phenoxy) is 2. The Morgan fingerprint density at radius 3 is 2.57 bits per heavy atom. The van der Waals surface area contributed by atoms with Gasteiger partial charge in [0.2, 0.25) is 11.9 Å². The van der Waals surface area contributed by atoms with Crippen molar-refractivity contribution in [2.75, 3.05) is 57.4 Å². The Labute approximate surface area is 176 Å². The quantitative estimate of drug-likeness (QED) is 0.762. The van der Waals surface area contributed by atoms with Crippen LogP contribution in [0.4, 0.5) is 5.95 Å². The molecule has 0 saturated carbocycles. The van der Waals surface area contributed by atoms with Gasteiger partial charge in [-0.05, 0) is 43.1 Å². The van der Waals surface area contributed by atoms with Crippen molar-refractivity contribution in [2.45, 2.75) is 18.9 Å². The van der Waals surface area contributed by atoms with Gasteiger partial charge in [0.05, 0.1) is 6.54 Å². The molecule has 3 aliphatic rings. The number of hydrogen-bond acceptors (Lipinski definition) is 7. The molecule has 0 N–H and O–H groups in total. The monoisotopic (exact) mass is 409 g/mol. The molecular weight excluding hydrogens is 382 g/mol. The van der Waals surface area contributed by atoms with Crippen molar-refractivity contribution >= 4 is 11.9 Å². The lowest BCUT2D eigenvalue weighted by molar-refractivity contribution is -0.133. The van der Waals surface area contributed by atoms with Crippen LogP contribution in [-0.2, 0) is 4.79 Å². The number of rotatable bonds is 4. The highest BCUT2D eigenvalue weighted by Crippen LogP contribution is 2.38. The van der Waals surface area contributed by atoms with Crippen LogP contribution in [0, 0.1) is 0 Å². The van der Waals surface area contributed by atoms with E-state index in [0.717, 1.165) is 49.9 Å². The minimum Gasteiger partial charge on any atom is -0.486 e. The first-order chi connectivity index (χ1) is 14.8. The number of nitrogens with zero attached hydrogens (tertiary/aromatic N) is 5. The zero-order chi connectivity index (χ0) is 20.3. The average Bonchev–Trinajstić information content (AvgIpc) is 3.27. The van der Waals surface area contributed by atoms with Gasteiger partial charge in [-0.1, -0.05) is 6.07 Å². The highest BCUT2D eigenvalue weighted by molar-refractivity contribution is 5.78. The second-order valence-corrected chi connectivity index (χ2v) is 7.95. The maximum Gasteiger partial charge on any atom is 0.236 e. The summed E-state index contributed by atoms with van der Waals surface area (Å²) in [6.07, 6.45) is 5.67. The Morgan fingerprint density at radius 2 is 1.77 bits per heavy atom. The lowest BCUT2D eigenvalue weighted by atomic mass is 10.0. The van der Waals surface area contributed by atoms with E-state index in [4.69, 9.17) is 9.47 Å². The van der Waals surface area contributed by atoms with E-state index in [1.165, 1.54) is 5.56 Å². The number of amides is 1. The van der Waals surface area contributed by atoms with E-state index >= 15 is 0 Å². The third kappa shape index (κ3) is 3.92. The molecule has 1 atom stereocenters. The summed E-state index contributed by atoms with van der Waals surface area (Å²) in [6, 6.07) is 8.26. The normalized spacial score (nSPS) is 21.7.